The second-order valence-electron chi connectivity index (χ2n) is 5.32. The Bertz CT molecular complexity index is 642. The Balaban J connectivity index is 1.82. The van der Waals surface area contributed by atoms with Crippen molar-refractivity contribution in [1.29, 1.82) is 0 Å². The average molecular weight is 331 g/mol. The first-order chi connectivity index (χ1) is 10.4. The highest BCUT2D eigenvalue weighted by molar-refractivity contribution is 6.33. The molecule has 22 heavy (non-hydrogen) atoms. The van der Waals surface area contributed by atoms with E-state index in [1.807, 2.05) is 11.0 Å². The largest absolute Gasteiger partial charge is 0.417 e. The Labute approximate surface area is 130 Å². The van der Waals surface area contributed by atoms with Gasteiger partial charge in [0.2, 0.25) is 0 Å². The highest BCUT2D eigenvalue weighted by Gasteiger charge is 2.32. The maximum atomic E-state index is 12.7. The number of nitrogens with one attached hydrogen (secondary N) is 1. The zero-order chi connectivity index (χ0) is 15.7. The van der Waals surface area contributed by atoms with Crippen LogP contribution >= 0.6 is 11.6 Å². The molecule has 0 aromatic carbocycles. The summed E-state index contributed by atoms with van der Waals surface area (Å²) in [4.78, 5) is 5.86. The van der Waals surface area contributed by atoms with Gasteiger partial charge >= 0.3 is 6.18 Å². The van der Waals surface area contributed by atoms with E-state index in [0.717, 1.165) is 37.3 Å². The van der Waals surface area contributed by atoms with E-state index in [4.69, 9.17) is 11.6 Å². The minimum Gasteiger partial charge on any atom is -0.355 e. The van der Waals surface area contributed by atoms with E-state index in [9.17, 15) is 13.2 Å². The maximum Gasteiger partial charge on any atom is 0.417 e. The molecule has 2 aromatic rings. The third kappa shape index (κ3) is 3.04. The van der Waals surface area contributed by atoms with Crippen LogP contribution in [0.3, 0.4) is 0 Å². The molecule has 3 heterocycles. The van der Waals surface area contributed by atoms with Crippen molar-refractivity contribution in [2.75, 3.05) is 18.0 Å². The fraction of sp³-hybridized carbons (Fsp3) is 0.429. The summed E-state index contributed by atoms with van der Waals surface area (Å²) in [7, 11) is 0. The van der Waals surface area contributed by atoms with E-state index in [0.29, 0.717) is 12.4 Å². The van der Waals surface area contributed by atoms with E-state index in [1.54, 1.807) is 6.20 Å². The lowest BCUT2D eigenvalue weighted by atomic mass is 9.95. The van der Waals surface area contributed by atoms with E-state index in [1.165, 1.54) is 0 Å². The smallest absolute Gasteiger partial charge is 0.355 e. The van der Waals surface area contributed by atoms with Crippen molar-refractivity contribution in [2.45, 2.75) is 24.9 Å². The summed E-state index contributed by atoms with van der Waals surface area (Å²) in [6.45, 7) is 1.38. The molecule has 0 saturated carbocycles. The van der Waals surface area contributed by atoms with Gasteiger partial charge in [-0.05, 0) is 25.0 Å². The molecule has 1 aliphatic heterocycles. The Morgan fingerprint density at radius 2 is 2.18 bits per heavy atom. The van der Waals surface area contributed by atoms with Crippen LogP contribution in [0.1, 0.15) is 30.0 Å². The average Bonchev–Trinajstić information content (AvgIpc) is 3.00. The molecule has 1 atom stereocenters. The van der Waals surface area contributed by atoms with Crippen molar-refractivity contribution < 1.29 is 13.2 Å². The van der Waals surface area contributed by atoms with Gasteiger partial charge in [-0.3, -0.25) is 5.10 Å². The molecule has 8 heteroatoms. The Morgan fingerprint density at radius 3 is 2.82 bits per heavy atom. The third-order valence-electron chi connectivity index (χ3n) is 3.83. The lowest BCUT2D eigenvalue weighted by molar-refractivity contribution is -0.137. The fourth-order valence-corrected chi connectivity index (χ4v) is 3.02. The minimum absolute atomic E-state index is 0.0279. The summed E-state index contributed by atoms with van der Waals surface area (Å²) in [5.74, 6) is 0.648. The summed E-state index contributed by atoms with van der Waals surface area (Å²) in [6, 6.07) is 2.85. The summed E-state index contributed by atoms with van der Waals surface area (Å²) in [5.41, 5.74) is 0.191. The normalized spacial score (nSPS) is 19.5. The number of anilines is 1. The lowest BCUT2D eigenvalue weighted by Crippen LogP contribution is -2.35. The molecule has 0 bridgehead atoms. The second-order valence-corrected chi connectivity index (χ2v) is 5.73. The van der Waals surface area contributed by atoms with Crippen LogP contribution in [0.4, 0.5) is 19.0 Å². The number of H-pyrrole nitrogens is 1. The van der Waals surface area contributed by atoms with E-state index < -0.39 is 11.7 Å². The quantitative estimate of drug-likeness (QED) is 0.909. The maximum absolute atomic E-state index is 12.7. The molecular formula is C14H14ClF3N4. The van der Waals surface area contributed by atoms with Crippen LogP contribution in [0, 0.1) is 0 Å². The monoisotopic (exact) mass is 330 g/mol. The molecular weight excluding hydrogens is 317 g/mol. The van der Waals surface area contributed by atoms with Gasteiger partial charge in [-0.2, -0.15) is 18.3 Å². The zero-order valence-corrected chi connectivity index (χ0v) is 12.3. The molecule has 0 spiro atoms. The summed E-state index contributed by atoms with van der Waals surface area (Å²) < 4.78 is 38.0. The molecule has 1 fully saturated rings. The van der Waals surface area contributed by atoms with Crippen LogP contribution in [0.2, 0.25) is 5.02 Å². The van der Waals surface area contributed by atoms with Gasteiger partial charge in [0.1, 0.15) is 5.82 Å². The highest BCUT2D eigenvalue weighted by Crippen LogP contribution is 2.35. The summed E-state index contributed by atoms with van der Waals surface area (Å²) in [6.07, 6.45) is 0.00778. The van der Waals surface area contributed by atoms with Gasteiger partial charge in [-0.15, -0.1) is 0 Å². The van der Waals surface area contributed by atoms with Crippen LogP contribution in [-0.4, -0.2) is 28.3 Å². The first-order valence-electron chi connectivity index (χ1n) is 6.92. The van der Waals surface area contributed by atoms with E-state index in [2.05, 4.69) is 15.2 Å². The van der Waals surface area contributed by atoms with Gasteiger partial charge in [-0.25, -0.2) is 4.98 Å². The molecule has 3 rings (SSSR count). The molecule has 1 aliphatic rings. The minimum atomic E-state index is -4.43. The van der Waals surface area contributed by atoms with Gasteiger partial charge in [0, 0.05) is 37.1 Å². The van der Waals surface area contributed by atoms with Gasteiger partial charge in [0.15, 0.2) is 0 Å². The Hall–Kier alpha value is -1.76. The van der Waals surface area contributed by atoms with Gasteiger partial charge in [0.25, 0.3) is 0 Å². The number of halogens is 4. The van der Waals surface area contributed by atoms with Crippen molar-refractivity contribution in [2.24, 2.45) is 0 Å². The number of hydrogen-bond donors (Lipinski definition) is 1. The molecule has 2 aromatic heterocycles. The van der Waals surface area contributed by atoms with Crippen LogP contribution in [0.5, 0.6) is 0 Å². The number of alkyl halides is 3. The number of aromatic amines is 1. The van der Waals surface area contributed by atoms with Crippen molar-refractivity contribution in [3.05, 3.63) is 40.8 Å². The number of nitrogens with zero attached hydrogens (tertiary/aromatic N) is 3. The zero-order valence-electron chi connectivity index (χ0n) is 11.6. The van der Waals surface area contributed by atoms with E-state index >= 15 is 0 Å². The second kappa shape index (κ2) is 5.79. The lowest BCUT2D eigenvalue weighted by Gasteiger charge is -2.33. The number of piperidine rings is 1. The third-order valence-corrected chi connectivity index (χ3v) is 4.11. The molecule has 118 valence electrons. The first-order valence-corrected chi connectivity index (χ1v) is 7.30. The predicted octanol–water partition coefficient (Wildman–Crippen LogP) is 3.86. The number of pyridine rings is 1. The van der Waals surface area contributed by atoms with Crippen molar-refractivity contribution in [3.8, 4) is 0 Å². The molecule has 0 amide bonds. The summed E-state index contributed by atoms with van der Waals surface area (Å²) in [5, 5.41) is 6.91. The molecule has 1 saturated heterocycles. The van der Waals surface area contributed by atoms with Crippen LogP contribution in [0.15, 0.2) is 24.5 Å². The predicted molar refractivity (Wildman–Crippen MR) is 77.0 cm³/mol. The molecule has 1 N–H and O–H groups in total. The van der Waals surface area contributed by atoms with Crippen LogP contribution < -0.4 is 4.90 Å². The number of rotatable bonds is 2. The number of hydrogen-bond acceptors (Lipinski definition) is 3. The van der Waals surface area contributed by atoms with Gasteiger partial charge in [0.05, 0.1) is 10.6 Å². The van der Waals surface area contributed by atoms with Crippen molar-refractivity contribution in [3.63, 3.8) is 0 Å². The molecule has 0 radical (unpaired) electrons. The molecule has 4 nitrogen and oxygen atoms in total. The van der Waals surface area contributed by atoms with E-state index in [-0.39, 0.29) is 10.9 Å². The number of aromatic nitrogens is 3. The summed E-state index contributed by atoms with van der Waals surface area (Å²) >= 11 is 6.02. The molecule has 1 unspecified atom stereocenters. The fourth-order valence-electron chi connectivity index (χ4n) is 2.74. The van der Waals surface area contributed by atoms with Crippen molar-refractivity contribution >= 4 is 17.4 Å². The van der Waals surface area contributed by atoms with Crippen LogP contribution in [0.25, 0.3) is 0 Å². The topological polar surface area (TPSA) is 44.8 Å². The van der Waals surface area contributed by atoms with Crippen LogP contribution in [-0.2, 0) is 6.18 Å². The van der Waals surface area contributed by atoms with Crippen molar-refractivity contribution in [1.82, 2.24) is 15.2 Å². The standard InChI is InChI=1S/C14H14ClF3N4/c15-11-6-10(14(16,17)18)7-19-13(11)22-5-1-2-9(8-22)12-3-4-20-21-12/h3-4,6-7,9H,1-2,5,8H2,(H,20,21). The Morgan fingerprint density at radius 1 is 1.36 bits per heavy atom. The van der Waals surface area contributed by atoms with Gasteiger partial charge < -0.3 is 4.90 Å². The molecule has 0 aliphatic carbocycles. The SMILES string of the molecule is FC(F)(F)c1cnc(N2CCCC(c3ccn[nH]3)C2)c(Cl)c1. The van der Waals surface area contributed by atoms with Gasteiger partial charge in [-0.1, -0.05) is 11.6 Å². The highest BCUT2D eigenvalue weighted by atomic mass is 35.5. The first kappa shape index (κ1) is 15.1. The Kier molecular flexibility index (Phi) is 3.99.